The van der Waals surface area contributed by atoms with E-state index in [1.54, 1.807) is 0 Å². The monoisotopic (exact) mass is 255 g/mol. The third-order valence-electron chi connectivity index (χ3n) is 2.87. The summed E-state index contributed by atoms with van der Waals surface area (Å²) in [5, 5.41) is 13.0. The van der Waals surface area contributed by atoms with E-state index in [0.29, 0.717) is 11.7 Å². The maximum atomic E-state index is 9.69. The Balaban J connectivity index is 2.34. The fourth-order valence-electron chi connectivity index (χ4n) is 1.86. The van der Waals surface area contributed by atoms with Gasteiger partial charge in [0.25, 0.3) is 0 Å². The van der Waals surface area contributed by atoms with Crippen molar-refractivity contribution < 1.29 is 5.11 Å². The lowest BCUT2D eigenvalue weighted by molar-refractivity contribution is 0.469. The third kappa shape index (κ3) is 1.79. The molecule has 1 aliphatic heterocycles. The highest BCUT2D eigenvalue weighted by Crippen LogP contribution is 2.32. The first-order valence-electron chi connectivity index (χ1n) is 4.88. The molecule has 1 unspecified atom stereocenters. The van der Waals surface area contributed by atoms with Gasteiger partial charge in [-0.3, -0.25) is 0 Å². The van der Waals surface area contributed by atoms with Crippen LogP contribution in [0.15, 0.2) is 16.6 Å². The van der Waals surface area contributed by atoms with E-state index in [9.17, 15) is 5.11 Å². The molecule has 1 saturated heterocycles. The van der Waals surface area contributed by atoms with Crippen LogP contribution in [0.25, 0.3) is 0 Å². The molecule has 1 aromatic rings. The number of rotatable bonds is 1. The van der Waals surface area contributed by atoms with E-state index in [1.165, 1.54) is 5.56 Å². The Kier molecular flexibility index (Phi) is 2.79. The molecule has 2 nitrogen and oxygen atoms in total. The van der Waals surface area contributed by atoms with Crippen LogP contribution in [-0.2, 0) is 0 Å². The van der Waals surface area contributed by atoms with Gasteiger partial charge in [0, 0.05) is 16.6 Å². The molecule has 2 rings (SSSR count). The smallest absolute Gasteiger partial charge is 0.119 e. The summed E-state index contributed by atoms with van der Waals surface area (Å²) in [6.45, 7) is 4.02. The van der Waals surface area contributed by atoms with Crippen molar-refractivity contribution in [2.45, 2.75) is 19.3 Å². The molecule has 2 N–H and O–H groups in total. The molecule has 1 atom stereocenters. The van der Waals surface area contributed by atoms with Crippen LogP contribution in [0.4, 0.5) is 0 Å². The van der Waals surface area contributed by atoms with Gasteiger partial charge >= 0.3 is 0 Å². The lowest BCUT2D eigenvalue weighted by Crippen LogP contribution is -2.08. The molecule has 76 valence electrons. The molecular formula is C11H14BrNO. The van der Waals surface area contributed by atoms with Gasteiger partial charge in [-0.25, -0.2) is 0 Å². The molecule has 0 spiro atoms. The Morgan fingerprint density at radius 2 is 2.29 bits per heavy atom. The van der Waals surface area contributed by atoms with Crippen molar-refractivity contribution in [1.82, 2.24) is 5.32 Å². The van der Waals surface area contributed by atoms with Crippen molar-refractivity contribution in [3.05, 3.63) is 27.7 Å². The summed E-state index contributed by atoms with van der Waals surface area (Å²) in [5.41, 5.74) is 2.14. The van der Waals surface area contributed by atoms with Crippen LogP contribution in [0, 0.1) is 6.92 Å². The summed E-state index contributed by atoms with van der Waals surface area (Å²) >= 11 is 3.46. The zero-order valence-electron chi connectivity index (χ0n) is 8.18. The van der Waals surface area contributed by atoms with Gasteiger partial charge in [-0.15, -0.1) is 0 Å². The first-order valence-corrected chi connectivity index (χ1v) is 5.67. The highest BCUT2D eigenvalue weighted by atomic mass is 79.9. The Labute approximate surface area is 92.5 Å². The summed E-state index contributed by atoms with van der Waals surface area (Å²) in [7, 11) is 0. The van der Waals surface area contributed by atoms with Gasteiger partial charge in [-0.1, -0.05) is 15.9 Å². The molecule has 1 heterocycles. The Hall–Kier alpha value is -0.540. The minimum absolute atomic E-state index is 0.390. The van der Waals surface area contributed by atoms with E-state index < -0.39 is 0 Å². The predicted molar refractivity (Wildman–Crippen MR) is 60.8 cm³/mol. The number of halogens is 1. The lowest BCUT2D eigenvalue weighted by Gasteiger charge is -2.11. The second kappa shape index (κ2) is 3.91. The standard InChI is InChI=1S/C11H14BrNO/c1-7-10(12)4-9(5-11(7)14)8-2-3-13-6-8/h4-5,8,13-14H,2-3,6H2,1H3. The average molecular weight is 256 g/mol. The summed E-state index contributed by atoms with van der Waals surface area (Å²) in [4.78, 5) is 0. The van der Waals surface area contributed by atoms with E-state index in [4.69, 9.17) is 0 Å². The predicted octanol–water partition coefficient (Wildman–Crippen LogP) is 2.54. The molecule has 0 amide bonds. The number of hydrogen-bond acceptors (Lipinski definition) is 2. The SMILES string of the molecule is Cc1c(O)cc(C2CCNC2)cc1Br. The molecule has 14 heavy (non-hydrogen) atoms. The van der Waals surface area contributed by atoms with Gasteiger partial charge in [0.1, 0.15) is 5.75 Å². The normalized spacial score (nSPS) is 21.4. The van der Waals surface area contributed by atoms with Crippen LogP contribution in [0.1, 0.15) is 23.5 Å². The molecule has 0 aromatic heterocycles. The van der Waals surface area contributed by atoms with Crippen molar-refractivity contribution in [1.29, 1.82) is 0 Å². The highest BCUT2D eigenvalue weighted by molar-refractivity contribution is 9.10. The third-order valence-corrected chi connectivity index (χ3v) is 3.69. The maximum absolute atomic E-state index is 9.69. The zero-order chi connectivity index (χ0) is 10.1. The summed E-state index contributed by atoms with van der Waals surface area (Å²) in [6.07, 6.45) is 1.16. The van der Waals surface area contributed by atoms with Crippen LogP contribution in [0.2, 0.25) is 0 Å². The molecule has 1 fully saturated rings. The van der Waals surface area contributed by atoms with Gasteiger partial charge in [0.05, 0.1) is 0 Å². The molecular weight excluding hydrogens is 242 g/mol. The van der Waals surface area contributed by atoms with E-state index in [2.05, 4.69) is 27.3 Å². The summed E-state index contributed by atoms with van der Waals surface area (Å²) in [6, 6.07) is 4.00. The average Bonchev–Trinajstić information content (AvgIpc) is 2.66. The maximum Gasteiger partial charge on any atom is 0.119 e. The first kappa shape index (κ1) is 9.99. The van der Waals surface area contributed by atoms with Gasteiger partial charge in [-0.05, 0) is 43.5 Å². The van der Waals surface area contributed by atoms with Crippen LogP contribution < -0.4 is 5.32 Å². The number of hydrogen-bond donors (Lipinski definition) is 2. The van der Waals surface area contributed by atoms with Crippen molar-refractivity contribution in [3.8, 4) is 5.75 Å². The van der Waals surface area contributed by atoms with Crippen molar-refractivity contribution in [3.63, 3.8) is 0 Å². The Morgan fingerprint density at radius 3 is 2.86 bits per heavy atom. The summed E-state index contributed by atoms with van der Waals surface area (Å²) in [5.74, 6) is 0.944. The van der Waals surface area contributed by atoms with Crippen molar-refractivity contribution >= 4 is 15.9 Å². The number of phenolic OH excluding ortho intramolecular Hbond substituents is 1. The van der Waals surface area contributed by atoms with E-state index in [0.717, 1.165) is 29.5 Å². The molecule has 1 aromatic carbocycles. The lowest BCUT2D eigenvalue weighted by atomic mass is 9.97. The minimum Gasteiger partial charge on any atom is -0.508 e. The van der Waals surface area contributed by atoms with Crippen LogP contribution >= 0.6 is 15.9 Å². The van der Waals surface area contributed by atoms with E-state index in [1.807, 2.05) is 13.0 Å². The number of benzene rings is 1. The Bertz CT molecular complexity index is 322. The number of phenols is 1. The molecule has 3 heteroatoms. The van der Waals surface area contributed by atoms with Gasteiger partial charge in [-0.2, -0.15) is 0 Å². The second-order valence-electron chi connectivity index (χ2n) is 3.84. The summed E-state index contributed by atoms with van der Waals surface area (Å²) < 4.78 is 0.999. The quantitative estimate of drug-likeness (QED) is 0.809. The largest absolute Gasteiger partial charge is 0.508 e. The van der Waals surface area contributed by atoms with Crippen molar-refractivity contribution in [2.24, 2.45) is 0 Å². The molecule has 0 bridgehead atoms. The fourth-order valence-corrected chi connectivity index (χ4v) is 2.33. The van der Waals surface area contributed by atoms with Crippen LogP contribution in [0.5, 0.6) is 5.75 Å². The zero-order valence-corrected chi connectivity index (χ0v) is 9.76. The van der Waals surface area contributed by atoms with Crippen LogP contribution in [-0.4, -0.2) is 18.2 Å². The van der Waals surface area contributed by atoms with Gasteiger partial charge in [0.2, 0.25) is 0 Å². The fraction of sp³-hybridized carbons (Fsp3) is 0.455. The number of nitrogens with one attached hydrogen (secondary N) is 1. The molecule has 0 aliphatic carbocycles. The van der Waals surface area contributed by atoms with E-state index in [-0.39, 0.29) is 0 Å². The first-order chi connectivity index (χ1) is 6.68. The number of aromatic hydroxyl groups is 1. The molecule has 0 saturated carbocycles. The minimum atomic E-state index is 0.390. The second-order valence-corrected chi connectivity index (χ2v) is 4.69. The van der Waals surface area contributed by atoms with Gasteiger partial charge in [0.15, 0.2) is 0 Å². The molecule has 0 radical (unpaired) electrons. The Morgan fingerprint density at radius 1 is 1.50 bits per heavy atom. The van der Waals surface area contributed by atoms with Crippen molar-refractivity contribution in [2.75, 3.05) is 13.1 Å². The molecule has 1 aliphatic rings. The van der Waals surface area contributed by atoms with Crippen LogP contribution in [0.3, 0.4) is 0 Å². The van der Waals surface area contributed by atoms with Gasteiger partial charge < -0.3 is 10.4 Å². The topological polar surface area (TPSA) is 32.3 Å². The van der Waals surface area contributed by atoms with E-state index >= 15 is 0 Å². The highest BCUT2D eigenvalue weighted by Gasteiger charge is 2.18.